The highest BCUT2D eigenvalue weighted by atomic mass is 14.7. The molecule has 3 aliphatic rings. The second-order valence-corrected chi connectivity index (χ2v) is 4.70. The first kappa shape index (κ1) is 7.35. The molecule has 3 atom stereocenters. The minimum Gasteiger partial charge on any atom is -0.324 e. The summed E-state index contributed by atoms with van der Waals surface area (Å²) in [5.74, 6) is 1.57. The maximum absolute atomic E-state index is 6.01. The van der Waals surface area contributed by atoms with Crippen LogP contribution in [0.1, 0.15) is 27.2 Å². The van der Waals surface area contributed by atoms with Gasteiger partial charge in [-0.25, -0.2) is 0 Å². The van der Waals surface area contributed by atoms with E-state index in [9.17, 15) is 0 Å². The summed E-state index contributed by atoms with van der Waals surface area (Å²) < 4.78 is 0. The van der Waals surface area contributed by atoms with Gasteiger partial charge in [-0.15, -0.1) is 0 Å². The molecule has 0 radical (unpaired) electrons. The van der Waals surface area contributed by atoms with Gasteiger partial charge in [0.05, 0.1) is 0 Å². The van der Waals surface area contributed by atoms with Crippen molar-refractivity contribution < 1.29 is 0 Å². The molecule has 0 aliphatic heterocycles. The Morgan fingerprint density at radius 2 is 2.18 bits per heavy atom. The van der Waals surface area contributed by atoms with E-state index in [0.717, 1.165) is 11.8 Å². The summed E-state index contributed by atoms with van der Waals surface area (Å²) in [7, 11) is 0. The fourth-order valence-electron chi connectivity index (χ4n) is 2.92. The molecule has 0 saturated heterocycles. The molecule has 3 aliphatic carbocycles. The Morgan fingerprint density at radius 1 is 1.55 bits per heavy atom. The van der Waals surface area contributed by atoms with Gasteiger partial charge in [-0.1, -0.05) is 25.5 Å². The van der Waals surface area contributed by atoms with Crippen molar-refractivity contribution in [3.63, 3.8) is 0 Å². The van der Waals surface area contributed by atoms with Crippen molar-refractivity contribution in [1.29, 1.82) is 0 Å². The van der Waals surface area contributed by atoms with Gasteiger partial charge >= 0.3 is 0 Å². The molecule has 2 bridgehead atoms. The Bertz CT molecular complexity index is 215. The summed E-state index contributed by atoms with van der Waals surface area (Å²) in [6, 6.07) is 0.329. The summed E-state index contributed by atoms with van der Waals surface area (Å²) in [6.07, 6.45) is 3.58. The van der Waals surface area contributed by atoms with Crippen LogP contribution in [-0.2, 0) is 0 Å². The van der Waals surface area contributed by atoms with E-state index in [1.54, 1.807) is 0 Å². The quantitative estimate of drug-likeness (QED) is 0.526. The fraction of sp³-hybridized carbons (Fsp3) is 0.800. The van der Waals surface area contributed by atoms with Crippen molar-refractivity contribution in [3.8, 4) is 0 Å². The largest absolute Gasteiger partial charge is 0.324 e. The highest BCUT2D eigenvalue weighted by molar-refractivity contribution is 5.25. The molecule has 1 nitrogen and oxygen atoms in total. The molecule has 0 heterocycles. The third-order valence-electron chi connectivity index (χ3n) is 3.81. The molecule has 11 heavy (non-hydrogen) atoms. The maximum Gasteiger partial charge on any atom is 0.0260 e. The van der Waals surface area contributed by atoms with Crippen LogP contribution in [0.15, 0.2) is 11.6 Å². The van der Waals surface area contributed by atoms with Crippen LogP contribution in [0.3, 0.4) is 0 Å². The lowest BCUT2D eigenvalue weighted by atomic mass is 9.48. The highest BCUT2D eigenvalue weighted by Gasteiger charge is 2.53. The van der Waals surface area contributed by atoms with E-state index in [2.05, 4.69) is 26.8 Å². The Hall–Kier alpha value is -0.300. The van der Waals surface area contributed by atoms with Crippen LogP contribution >= 0.6 is 0 Å². The first-order chi connectivity index (χ1) is 5.03. The average Bonchev–Trinajstić information content (AvgIpc) is 1.84. The number of hydrogen-bond donors (Lipinski definition) is 1. The van der Waals surface area contributed by atoms with Crippen molar-refractivity contribution in [2.75, 3.05) is 0 Å². The normalized spacial score (nSPS) is 46.2. The Balaban J connectivity index is 2.34. The third kappa shape index (κ3) is 0.750. The van der Waals surface area contributed by atoms with Crippen LogP contribution in [0.25, 0.3) is 0 Å². The monoisotopic (exact) mass is 151 g/mol. The van der Waals surface area contributed by atoms with Crippen molar-refractivity contribution >= 4 is 0 Å². The fourth-order valence-corrected chi connectivity index (χ4v) is 2.92. The van der Waals surface area contributed by atoms with Gasteiger partial charge in [0.2, 0.25) is 0 Å². The van der Waals surface area contributed by atoms with Crippen molar-refractivity contribution in [2.45, 2.75) is 33.2 Å². The van der Waals surface area contributed by atoms with Gasteiger partial charge < -0.3 is 5.73 Å². The first-order valence-corrected chi connectivity index (χ1v) is 4.47. The van der Waals surface area contributed by atoms with E-state index in [0.29, 0.717) is 11.5 Å². The molecule has 1 heteroatoms. The predicted octanol–water partition coefficient (Wildman–Crippen LogP) is 1.94. The molecular weight excluding hydrogens is 134 g/mol. The van der Waals surface area contributed by atoms with Gasteiger partial charge in [0.15, 0.2) is 0 Å². The van der Waals surface area contributed by atoms with E-state index >= 15 is 0 Å². The third-order valence-corrected chi connectivity index (χ3v) is 3.81. The van der Waals surface area contributed by atoms with E-state index in [1.807, 2.05) is 0 Å². The van der Waals surface area contributed by atoms with Crippen molar-refractivity contribution in [3.05, 3.63) is 11.6 Å². The minimum atomic E-state index is 0.329. The van der Waals surface area contributed by atoms with Crippen LogP contribution < -0.4 is 5.73 Å². The number of nitrogens with two attached hydrogens (primary N) is 1. The standard InChI is InChI=1S/C10H17N/c1-6-4-9(11)8-5-7(6)10(8,2)3/h4,7-9H,5,11H2,1-3H3/t7-,8-,9-/m0/s1. The smallest absolute Gasteiger partial charge is 0.0260 e. The summed E-state index contributed by atoms with van der Waals surface area (Å²) in [5.41, 5.74) is 8.01. The van der Waals surface area contributed by atoms with Crippen LogP contribution in [0, 0.1) is 17.3 Å². The zero-order valence-corrected chi connectivity index (χ0v) is 7.59. The summed E-state index contributed by atoms with van der Waals surface area (Å²) in [4.78, 5) is 0. The molecule has 0 aromatic heterocycles. The van der Waals surface area contributed by atoms with Gasteiger partial charge in [0.1, 0.15) is 0 Å². The number of fused-ring (bicyclic) bond motifs is 1. The Kier molecular flexibility index (Phi) is 1.26. The Labute approximate surface area is 68.7 Å². The molecular formula is C10H17N. The van der Waals surface area contributed by atoms with E-state index in [-0.39, 0.29) is 0 Å². The molecule has 0 amide bonds. The SMILES string of the molecule is CC1=C[C@H](N)[C@@H]2C[C@@H]1C2(C)C. The Morgan fingerprint density at radius 3 is 2.55 bits per heavy atom. The highest BCUT2D eigenvalue weighted by Crippen LogP contribution is 2.58. The molecule has 0 unspecified atom stereocenters. The van der Waals surface area contributed by atoms with Crippen LogP contribution in [-0.4, -0.2) is 6.04 Å². The summed E-state index contributed by atoms with van der Waals surface area (Å²) >= 11 is 0. The van der Waals surface area contributed by atoms with Gasteiger partial charge in [0, 0.05) is 6.04 Å². The molecule has 1 fully saturated rings. The van der Waals surface area contributed by atoms with E-state index in [1.165, 1.54) is 12.0 Å². The molecule has 3 rings (SSSR count). The van der Waals surface area contributed by atoms with Gasteiger partial charge in [0.25, 0.3) is 0 Å². The molecule has 0 aromatic carbocycles. The zero-order chi connectivity index (χ0) is 8.22. The second kappa shape index (κ2) is 1.89. The predicted molar refractivity (Wildman–Crippen MR) is 47.1 cm³/mol. The summed E-state index contributed by atoms with van der Waals surface area (Å²) in [6.45, 7) is 6.92. The number of rotatable bonds is 0. The van der Waals surface area contributed by atoms with Gasteiger partial charge in [-0.2, -0.15) is 0 Å². The lowest BCUT2D eigenvalue weighted by Crippen LogP contribution is -2.56. The molecule has 0 spiro atoms. The lowest BCUT2D eigenvalue weighted by Gasteiger charge is -2.58. The molecule has 1 saturated carbocycles. The topological polar surface area (TPSA) is 26.0 Å². The van der Waals surface area contributed by atoms with E-state index in [4.69, 9.17) is 5.73 Å². The maximum atomic E-state index is 6.01. The summed E-state index contributed by atoms with van der Waals surface area (Å²) in [5, 5.41) is 0. The number of hydrogen-bond acceptors (Lipinski definition) is 1. The zero-order valence-electron chi connectivity index (χ0n) is 7.59. The van der Waals surface area contributed by atoms with Gasteiger partial charge in [-0.3, -0.25) is 0 Å². The lowest BCUT2D eigenvalue weighted by molar-refractivity contribution is -0.0170. The van der Waals surface area contributed by atoms with Crippen molar-refractivity contribution in [1.82, 2.24) is 0 Å². The van der Waals surface area contributed by atoms with Crippen LogP contribution in [0.5, 0.6) is 0 Å². The molecule has 2 N–H and O–H groups in total. The molecule has 0 aromatic rings. The van der Waals surface area contributed by atoms with Crippen LogP contribution in [0.2, 0.25) is 0 Å². The van der Waals surface area contributed by atoms with Crippen LogP contribution in [0.4, 0.5) is 0 Å². The second-order valence-electron chi connectivity index (χ2n) is 4.70. The number of allylic oxidation sites excluding steroid dienone is 1. The minimum absolute atomic E-state index is 0.329. The van der Waals surface area contributed by atoms with E-state index < -0.39 is 0 Å². The van der Waals surface area contributed by atoms with Crippen molar-refractivity contribution in [2.24, 2.45) is 23.0 Å². The first-order valence-electron chi connectivity index (χ1n) is 4.47. The average molecular weight is 151 g/mol. The molecule has 62 valence electrons. The van der Waals surface area contributed by atoms with Gasteiger partial charge in [-0.05, 0) is 30.6 Å².